The normalized spacial score (nSPS) is 16.3. The van der Waals surface area contributed by atoms with Gasteiger partial charge in [0.1, 0.15) is 0 Å². The second-order valence-electron chi connectivity index (χ2n) is 5.67. The second kappa shape index (κ2) is 6.80. The quantitative estimate of drug-likeness (QED) is 0.679. The minimum Gasteiger partial charge on any atom is -0.462 e. The van der Waals surface area contributed by atoms with Crippen molar-refractivity contribution in [1.82, 2.24) is 4.90 Å². The van der Waals surface area contributed by atoms with Gasteiger partial charge < -0.3 is 20.3 Å². The van der Waals surface area contributed by atoms with Crippen LogP contribution in [-0.4, -0.2) is 50.7 Å². The number of carbonyl (C=O) groups is 1. The minimum absolute atomic E-state index is 0.347. The summed E-state index contributed by atoms with van der Waals surface area (Å²) in [6.07, 6.45) is 2.26. The van der Waals surface area contributed by atoms with Crippen LogP contribution in [0.3, 0.4) is 0 Å². The number of piperidine rings is 1. The first kappa shape index (κ1) is 15.6. The summed E-state index contributed by atoms with van der Waals surface area (Å²) >= 11 is 0. The first-order chi connectivity index (χ1) is 10.0. The van der Waals surface area contributed by atoms with Crippen LogP contribution in [0.1, 0.15) is 30.1 Å². The number of esters is 1. The summed E-state index contributed by atoms with van der Waals surface area (Å²) in [4.78, 5) is 16.5. The zero-order chi connectivity index (χ0) is 15.4. The van der Waals surface area contributed by atoms with Crippen LogP contribution in [0, 0.1) is 0 Å². The minimum atomic E-state index is -0.347. The molecule has 0 saturated carbocycles. The molecule has 0 amide bonds. The highest BCUT2D eigenvalue weighted by atomic mass is 16.5. The van der Waals surface area contributed by atoms with Gasteiger partial charge in [0.25, 0.3) is 0 Å². The van der Waals surface area contributed by atoms with E-state index < -0.39 is 0 Å². The van der Waals surface area contributed by atoms with Gasteiger partial charge in [-0.05, 0) is 52.1 Å². The summed E-state index contributed by atoms with van der Waals surface area (Å²) in [5, 5.41) is 0. The molecular weight excluding hydrogens is 266 g/mol. The van der Waals surface area contributed by atoms with Crippen LogP contribution in [0.4, 0.5) is 11.4 Å². The molecule has 0 bridgehead atoms. The van der Waals surface area contributed by atoms with Crippen molar-refractivity contribution in [2.45, 2.75) is 25.8 Å². The summed E-state index contributed by atoms with van der Waals surface area (Å²) in [5.41, 5.74) is 7.87. The van der Waals surface area contributed by atoms with Gasteiger partial charge in [-0.2, -0.15) is 0 Å². The lowest BCUT2D eigenvalue weighted by atomic mass is 10.0. The van der Waals surface area contributed by atoms with Crippen LogP contribution in [0.15, 0.2) is 18.2 Å². The molecule has 0 radical (unpaired) electrons. The number of nitrogens with two attached hydrogens (primary N) is 1. The average molecular weight is 291 g/mol. The summed E-state index contributed by atoms with van der Waals surface area (Å²) in [6.45, 7) is 4.14. The van der Waals surface area contributed by atoms with E-state index in [-0.39, 0.29) is 5.97 Å². The lowest BCUT2D eigenvalue weighted by Crippen LogP contribution is -2.42. The van der Waals surface area contributed by atoms with Crippen molar-refractivity contribution in [3.8, 4) is 0 Å². The fraction of sp³-hybridized carbons (Fsp3) is 0.562. The van der Waals surface area contributed by atoms with Gasteiger partial charge in [0.15, 0.2) is 0 Å². The van der Waals surface area contributed by atoms with E-state index in [9.17, 15) is 4.79 Å². The Labute approximate surface area is 126 Å². The number of hydrogen-bond donors (Lipinski definition) is 1. The molecule has 0 unspecified atom stereocenters. The Bertz CT molecular complexity index is 494. The third kappa shape index (κ3) is 3.67. The Morgan fingerprint density at radius 1 is 1.38 bits per heavy atom. The number of nitrogen functional groups attached to an aromatic ring is 1. The largest absolute Gasteiger partial charge is 0.462 e. The van der Waals surface area contributed by atoms with Gasteiger partial charge in [-0.1, -0.05) is 0 Å². The molecule has 5 nitrogen and oxygen atoms in total. The maximum atomic E-state index is 11.9. The van der Waals surface area contributed by atoms with Crippen molar-refractivity contribution in [2.75, 3.05) is 44.4 Å². The maximum Gasteiger partial charge on any atom is 0.340 e. The molecule has 21 heavy (non-hydrogen) atoms. The molecule has 1 saturated heterocycles. The standard InChI is InChI=1S/C16H25N3O2/c1-4-21-16(20)14-11-13(5-6-15(14)17)19-9-7-12(8-10-19)18(2)3/h5-6,11-12H,4,7-10,17H2,1-3H3. The van der Waals surface area contributed by atoms with Gasteiger partial charge in [-0.3, -0.25) is 0 Å². The van der Waals surface area contributed by atoms with Crippen LogP contribution < -0.4 is 10.6 Å². The number of carbonyl (C=O) groups excluding carboxylic acids is 1. The second-order valence-corrected chi connectivity index (χ2v) is 5.67. The maximum absolute atomic E-state index is 11.9. The number of rotatable bonds is 4. The predicted octanol–water partition coefficient (Wildman–Crippen LogP) is 1.98. The van der Waals surface area contributed by atoms with E-state index in [0.717, 1.165) is 31.6 Å². The summed E-state index contributed by atoms with van der Waals surface area (Å²) in [6, 6.07) is 6.26. The Kier molecular flexibility index (Phi) is 5.07. The smallest absolute Gasteiger partial charge is 0.340 e. The third-order valence-corrected chi connectivity index (χ3v) is 4.09. The van der Waals surface area contributed by atoms with Crippen LogP contribution in [0.5, 0.6) is 0 Å². The highest BCUT2D eigenvalue weighted by molar-refractivity contribution is 5.96. The molecule has 0 spiro atoms. The molecule has 1 aliphatic rings. The molecule has 1 fully saturated rings. The van der Waals surface area contributed by atoms with Gasteiger partial charge in [0.05, 0.1) is 12.2 Å². The number of benzene rings is 1. The lowest BCUT2D eigenvalue weighted by molar-refractivity contribution is 0.0527. The van der Waals surface area contributed by atoms with Gasteiger partial charge in [-0.25, -0.2) is 4.79 Å². The lowest BCUT2D eigenvalue weighted by Gasteiger charge is -2.36. The van der Waals surface area contributed by atoms with E-state index in [1.54, 1.807) is 13.0 Å². The van der Waals surface area contributed by atoms with Gasteiger partial charge in [0.2, 0.25) is 0 Å². The molecule has 0 aromatic heterocycles. The highest BCUT2D eigenvalue weighted by Gasteiger charge is 2.22. The molecule has 5 heteroatoms. The van der Waals surface area contributed by atoms with Crippen molar-refractivity contribution in [3.63, 3.8) is 0 Å². The molecular formula is C16H25N3O2. The van der Waals surface area contributed by atoms with E-state index >= 15 is 0 Å². The highest BCUT2D eigenvalue weighted by Crippen LogP contribution is 2.25. The number of nitrogens with zero attached hydrogens (tertiary/aromatic N) is 2. The van der Waals surface area contributed by atoms with Gasteiger partial charge in [-0.15, -0.1) is 0 Å². The molecule has 1 aromatic rings. The van der Waals surface area contributed by atoms with E-state index in [1.165, 1.54) is 0 Å². The number of ether oxygens (including phenoxy) is 1. The van der Waals surface area contributed by atoms with Crippen LogP contribution in [0.25, 0.3) is 0 Å². The number of hydrogen-bond acceptors (Lipinski definition) is 5. The average Bonchev–Trinajstić information content (AvgIpc) is 2.48. The summed E-state index contributed by atoms with van der Waals surface area (Å²) in [5.74, 6) is -0.347. The first-order valence-corrected chi connectivity index (χ1v) is 7.51. The molecule has 0 atom stereocenters. The van der Waals surface area contributed by atoms with Crippen LogP contribution in [-0.2, 0) is 4.74 Å². The van der Waals surface area contributed by atoms with E-state index in [2.05, 4.69) is 23.9 Å². The molecule has 2 rings (SSSR count). The molecule has 1 aliphatic heterocycles. The third-order valence-electron chi connectivity index (χ3n) is 4.09. The van der Waals surface area contributed by atoms with Crippen LogP contribution in [0.2, 0.25) is 0 Å². The van der Waals surface area contributed by atoms with E-state index in [4.69, 9.17) is 10.5 Å². The molecule has 1 heterocycles. The van der Waals surface area contributed by atoms with Gasteiger partial charge >= 0.3 is 5.97 Å². The molecule has 116 valence electrons. The summed E-state index contributed by atoms with van der Waals surface area (Å²) in [7, 11) is 4.25. The van der Waals surface area contributed by atoms with Crippen molar-refractivity contribution >= 4 is 17.3 Å². The predicted molar refractivity (Wildman–Crippen MR) is 85.7 cm³/mol. The van der Waals surface area contributed by atoms with E-state index in [0.29, 0.717) is 23.9 Å². The fourth-order valence-corrected chi connectivity index (χ4v) is 2.77. The Hall–Kier alpha value is -1.75. The topological polar surface area (TPSA) is 58.8 Å². The van der Waals surface area contributed by atoms with Crippen molar-refractivity contribution in [1.29, 1.82) is 0 Å². The zero-order valence-electron chi connectivity index (χ0n) is 13.1. The van der Waals surface area contributed by atoms with Gasteiger partial charge in [0, 0.05) is 30.5 Å². The van der Waals surface area contributed by atoms with Crippen molar-refractivity contribution in [3.05, 3.63) is 23.8 Å². The number of anilines is 2. The zero-order valence-corrected chi connectivity index (χ0v) is 13.1. The molecule has 2 N–H and O–H groups in total. The Morgan fingerprint density at radius 3 is 2.62 bits per heavy atom. The summed E-state index contributed by atoms with van der Waals surface area (Å²) < 4.78 is 5.06. The Balaban J connectivity index is 2.11. The van der Waals surface area contributed by atoms with Crippen LogP contribution >= 0.6 is 0 Å². The van der Waals surface area contributed by atoms with E-state index in [1.807, 2.05) is 12.1 Å². The SMILES string of the molecule is CCOC(=O)c1cc(N2CCC(N(C)C)CC2)ccc1N. The van der Waals surface area contributed by atoms with Crippen molar-refractivity contribution < 1.29 is 9.53 Å². The first-order valence-electron chi connectivity index (χ1n) is 7.51. The van der Waals surface area contributed by atoms with Crippen molar-refractivity contribution in [2.24, 2.45) is 0 Å². The Morgan fingerprint density at radius 2 is 2.05 bits per heavy atom. The molecule has 0 aliphatic carbocycles. The fourth-order valence-electron chi connectivity index (χ4n) is 2.77. The molecule has 1 aromatic carbocycles. The monoisotopic (exact) mass is 291 g/mol.